The molecule has 0 saturated heterocycles. The van der Waals surface area contributed by atoms with Crippen LogP contribution in [0.25, 0.3) is 23.1 Å². The molecule has 0 atom stereocenters. The molecule has 136 valence electrons. The minimum Gasteiger partial charge on any atom is -0.426 e. The van der Waals surface area contributed by atoms with Crippen molar-refractivity contribution >= 4 is 46.6 Å². The molecule has 1 heterocycles. The Labute approximate surface area is 161 Å². The number of benzene rings is 2. The highest BCUT2D eigenvalue weighted by Crippen LogP contribution is 2.28. The molecule has 0 bridgehead atoms. The van der Waals surface area contributed by atoms with Crippen LogP contribution in [0.1, 0.15) is 25.1 Å². The van der Waals surface area contributed by atoms with Gasteiger partial charge in [-0.25, -0.2) is 4.98 Å². The van der Waals surface area contributed by atoms with E-state index in [9.17, 15) is 9.59 Å². The average Bonchev–Trinajstić information content (AvgIpc) is 2.61. The molecule has 3 aromatic rings. The fraction of sp³-hybridized carbons (Fsp3) is 0.0952. The third kappa shape index (κ3) is 4.71. The molecule has 0 aliphatic heterocycles. The minimum atomic E-state index is -0.423. The highest BCUT2D eigenvalue weighted by atomic mass is 35.5. The summed E-state index contributed by atoms with van der Waals surface area (Å²) in [6.07, 6.45) is 3.47. The lowest BCUT2D eigenvalue weighted by molar-refractivity contribution is -0.132. The van der Waals surface area contributed by atoms with Crippen LogP contribution < -0.4 is 9.47 Å². The first kappa shape index (κ1) is 18.6. The topological polar surface area (TPSA) is 65.5 Å². The van der Waals surface area contributed by atoms with Crippen LogP contribution >= 0.6 is 11.6 Å². The second-order valence-electron chi connectivity index (χ2n) is 5.77. The first-order valence-electron chi connectivity index (χ1n) is 8.16. The number of fused-ring (bicyclic) bond motifs is 1. The maximum absolute atomic E-state index is 11.4. The zero-order valence-electron chi connectivity index (χ0n) is 14.7. The van der Waals surface area contributed by atoms with Gasteiger partial charge in [-0.2, -0.15) is 0 Å². The number of carbonyl (C=O) groups excluding carboxylic acids is 2. The van der Waals surface area contributed by atoms with Gasteiger partial charge in [0.05, 0.1) is 11.2 Å². The van der Waals surface area contributed by atoms with Crippen LogP contribution in [0.2, 0.25) is 5.02 Å². The molecular formula is C21H16ClNO4. The summed E-state index contributed by atoms with van der Waals surface area (Å²) >= 11 is 6.05. The van der Waals surface area contributed by atoms with E-state index in [0.717, 1.165) is 5.39 Å². The number of carbonyl (C=O) groups is 2. The number of pyridine rings is 1. The average molecular weight is 382 g/mol. The number of rotatable bonds is 4. The van der Waals surface area contributed by atoms with Crippen molar-refractivity contribution in [1.29, 1.82) is 0 Å². The van der Waals surface area contributed by atoms with Crippen molar-refractivity contribution in [3.63, 3.8) is 0 Å². The Bertz CT molecular complexity index is 1060. The van der Waals surface area contributed by atoms with Crippen molar-refractivity contribution in [2.24, 2.45) is 0 Å². The van der Waals surface area contributed by atoms with Gasteiger partial charge < -0.3 is 9.47 Å². The second kappa shape index (κ2) is 8.01. The Kier molecular flexibility index (Phi) is 5.52. The van der Waals surface area contributed by atoms with E-state index in [1.807, 2.05) is 24.3 Å². The van der Waals surface area contributed by atoms with Crippen molar-refractivity contribution in [2.45, 2.75) is 13.8 Å². The van der Waals surface area contributed by atoms with Gasteiger partial charge >= 0.3 is 11.9 Å². The number of halogens is 1. The number of nitrogens with zero attached hydrogens (tertiary/aromatic N) is 1. The van der Waals surface area contributed by atoms with Gasteiger partial charge in [-0.3, -0.25) is 9.59 Å². The van der Waals surface area contributed by atoms with Crippen LogP contribution in [0.15, 0.2) is 48.5 Å². The summed E-state index contributed by atoms with van der Waals surface area (Å²) in [5, 5.41) is 1.26. The first-order chi connectivity index (χ1) is 12.9. The molecule has 6 heteroatoms. The van der Waals surface area contributed by atoms with Gasteiger partial charge in [-0.05, 0) is 42.5 Å². The van der Waals surface area contributed by atoms with Crippen molar-refractivity contribution in [3.8, 4) is 11.5 Å². The third-order valence-electron chi connectivity index (χ3n) is 3.61. The summed E-state index contributed by atoms with van der Waals surface area (Å²) < 4.78 is 10.5. The van der Waals surface area contributed by atoms with Crippen molar-refractivity contribution in [1.82, 2.24) is 4.98 Å². The number of hydrogen-bond donors (Lipinski definition) is 0. The van der Waals surface area contributed by atoms with E-state index in [2.05, 4.69) is 4.98 Å². The predicted octanol–water partition coefficient (Wildman–Crippen LogP) is 4.91. The summed E-state index contributed by atoms with van der Waals surface area (Å²) in [5.41, 5.74) is 1.91. The molecule has 2 aromatic carbocycles. The molecule has 0 aliphatic rings. The van der Waals surface area contributed by atoms with E-state index in [4.69, 9.17) is 21.1 Å². The van der Waals surface area contributed by atoms with Gasteiger partial charge in [0, 0.05) is 35.9 Å². The molecule has 5 nitrogen and oxygen atoms in total. The summed E-state index contributed by atoms with van der Waals surface area (Å²) in [4.78, 5) is 27.2. The molecular weight excluding hydrogens is 366 g/mol. The van der Waals surface area contributed by atoms with E-state index in [0.29, 0.717) is 33.3 Å². The Balaban J connectivity index is 2.03. The molecule has 0 saturated carbocycles. The van der Waals surface area contributed by atoms with Gasteiger partial charge in [0.25, 0.3) is 0 Å². The zero-order valence-corrected chi connectivity index (χ0v) is 15.5. The van der Waals surface area contributed by atoms with Crippen molar-refractivity contribution in [2.75, 3.05) is 0 Å². The summed E-state index contributed by atoms with van der Waals surface area (Å²) in [7, 11) is 0. The van der Waals surface area contributed by atoms with E-state index < -0.39 is 11.9 Å². The van der Waals surface area contributed by atoms with Gasteiger partial charge in [-0.15, -0.1) is 0 Å². The maximum Gasteiger partial charge on any atom is 0.308 e. The van der Waals surface area contributed by atoms with Crippen LogP contribution in [0.4, 0.5) is 0 Å². The van der Waals surface area contributed by atoms with Crippen molar-refractivity contribution in [3.05, 3.63) is 64.8 Å². The SMILES string of the molecule is CC(=O)Oc1ccc(Cl)cc1/C=C/c1cc(OC(C)=O)c2ccccc2n1. The van der Waals surface area contributed by atoms with Crippen LogP contribution in [0.5, 0.6) is 11.5 Å². The molecule has 0 spiro atoms. The van der Waals surface area contributed by atoms with Crippen LogP contribution in [0.3, 0.4) is 0 Å². The van der Waals surface area contributed by atoms with E-state index in [-0.39, 0.29) is 0 Å². The molecule has 27 heavy (non-hydrogen) atoms. The van der Waals surface area contributed by atoms with E-state index in [1.165, 1.54) is 13.8 Å². The fourth-order valence-electron chi connectivity index (χ4n) is 2.56. The highest BCUT2D eigenvalue weighted by molar-refractivity contribution is 6.30. The molecule has 0 unspecified atom stereocenters. The van der Waals surface area contributed by atoms with Gasteiger partial charge in [0.1, 0.15) is 11.5 Å². The number of esters is 2. The molecule has 1 aromatic heterocycles. The Hall–Kier alpha value is -3.18. The maximum atomic E-state index is 11.4. The van der Waals surface area contributed by atoms with E-state index in [1.54, 1.807) is 36.4 Å². The number of ether oxygens (including phenoxy) is 2. The van der Waals surface area contributed by atoms with Crippen LogP contribution in [-0.4, -0.2) is 16.9 Å². The highest BCUT2D eigenvalue weighted by Gasteiger charge is 2.09. The fourth-order valence-corrected chi connectivity index (χ4v) is 2.74. The standard InChI is InChI=1S/C21H16ClNO4/c1-13(24)26-20-10-8-16(22)11-15(20)7-9-17-12-21(27-14(2)25)18-5-3-4-6-19(18)23-17/h3-12H,1-2H3/b9-7+. The molecule has 0 N–H and O–H groups in total. The lowest BCUT2D eigenvalue weighted by atomic mass is 10.1. The molecule has 0 aliphatic carbocycles. The van der Waals surface area contributed by atoms with Crippen LogP contribution in [-0.2, 0) is 9.59 Å². The third-order valence-corrected chi connectivity index (χ3v) is 3.85. The summed E-state index contributed by atoms with van der Waals surface area (Å²) in [6.45, 7) is 2.68. The number of para-hydroxylation sites is 1. The number of aromatic nitrogens is 1. The summed E-state index contributed by atoms with van der Waals surface area (Å²) in [5.74, 6) is -0.00980. The predicted molar refractivity (Wildman–Crippen MR) is 105 cm³/mol. The smallest absolute Gasteiger partial charge is 0.308 e. The lowest BCUT2D eigenvalue weighted by Gasteiger charge is -2.08. The second-order valence-corrected chi connectivity index (χ2v) is 6.20. The van der Waals surface area contributed by atoms with Crippen molar-refractivity contribution < 1.29 is 19.1 Å². The van der Waals surface area contributed by atoms with Gasteiger partial charge in [-0.1, -0.05) is 23.7 Å². The van der Waals surface area contributed by atoms with Gasteiger partial charge in [0.2, 0.25) is 0 Å². The molecule has 3 rings (SSSR count). The number of hydrogen-bond acceptors (Lipinski definition) is 5. The molecule has 0 radical (unpaired) electrons. The molecule has 0 amide bonds. The molecule has 0 fully saturated rings. The largest absolute Gasteiger partial charge is 0.426 e. The minimum absolute atomic E-state index is 0.393. The van der Waals surface area contributed by atoms with Gasteiger partial charge in [0.15, 0.2) is 0 Å². The summed E-state index contributed by atoms with van der Waals surface area (Å²) in [6, 6.07) is 14.0. The first-order valence-corrected chi connectivity index (χ1v) is 8.54. The Morgan fingerprint density at radius 3 is 2.37 bits per heavy atom. The zero-order chi connectivity index (χ0) is 19.4. The Morgan fingerprint density at radius 2 is 1.63 bits per heavy atom. The van der Waals surface area contributed by atoms with Crippen LogP contribution in [0, 0.1) is 0 Å². The quantitative estimate of drug-likeness (QED) is 0.474. The lowest BCUT2D eigenvalue weighted by Crippen LogP contribution is -2.03. The Morgan fingerprint density at radius 1 is 0.926 bits per heavy atom. The van der Waals surface area contributed by atoms with E-state index >= 15 is 0 Å². The monoisotopic (exact) mass is 381 g/mol. The normalized spacial score (nSPS) is 10.9.